The quantitative estimate of drug-likeness (QED) is 0.747. The minimum Gasteiger partial charge on any atom is -0.372 e. The maximum absolute atomic E-state index is 12.2. The fourth-order valence-electron chi connectivity index (χ4n) is 3.05. The van der Waals surface area contributed by atoms with Crippen molar-refractivity contribution in [3.8, 4) is 0 Å². The van der Waals surface area contributed by atoms with Gasteiger partial charge >= 0.3 is 0 Å². The van der Waals surface area contributed by atoms with Crippen molar-refractivity contribution >= 4 is 12.2 Å². The molecule has 7 heteroatoms. The number of Topliss-reactive ketones (excluding diaryl/α,β-unsaturated/α-hetero) is 1. The van der Waals surface area contributed by atoms with E-state index >= 15 is 0 Å². The summed E-state index contributed by atoms with van der Waals surface area (Å²) in [6.07, 6.45) is 2.34. The Morgan fingerprint density at radius 3 is 2.40 bits per heavy atom. The number of hydrogen-bond donors (Lipinski definition) is 1. The standard InChI is InChI=1S/C12H18N4O.CH3NO/c1-8-13-9(2)16(14-8)7-11-12(17)10-3-5-15(11)6-4-10;2-1-3/h10-11H,3-7H2,1-2H3;1H,(H2,2,3). The molecule has 20 heavy (non-hydrogen) atoms. The van der Waals surface area contributed by atoms with Gasteiger partial charge in [0, 0.05) is 5.92 Å². The van der Waals surface area contributed by atoms with Crippen molar-refractivity contribution in [3.63, 3.8) is 0 Å². The molecule has 0 saturated carbocycles. The number of nitrogens with two attached hydrogens (primary N) is 1. The Kier molecular flexibility index (Phi) is 4.49. The number of carbonyl (C=O) groups excluding carboxylic acids is 2. The number of piperidine rings is 3. The summed E-state index contributed by atoms with van der Waals surface area (Å²) < 4.78 is 1.87. The molecule has 4 rings (SSSR count). The van der Waals surface area contributed by atoms with Crippen LogP contribution in [0.5, 0.6) is 0 Å². The van der Waals surface area contributed by atoms with Gasteiger partial charge in [-0.05, 0) is 39.8 Å². The molecule has 1 amide bonds. The summed E-state index contributed by atoms with van der Waals surface area (Å²) in [5, 5.41) is 4.35. The third-order valence-corrected chi connectivity index (χ3v) is 4.01. The van der Waals surface area contributed by atoms with Gasteiger partial charge in [-0.2, -0.15) is 5.10 Å². The molecule has 2 bridgehead atoms. The van der Waals surface area contributed by atoms with Crippen molar-refractivity contribution in [3.05, 3.63) is 11.6 Å². The first-order chi connectivity index (χ1) is 9.56. The van der Waals surface area contributed by atoms with E-state index in [0.717, 1.165) is 37.6 Å². The highest BCUT2D eigenvalue weighted by molar-refractivity contribution is 5.87. The summed E-state index contributed by atoms with van der Waals surface area (Å²) >= 11 is 0. The average molecular weight is 279 g/mol. The molecule has 0 aromatic carbocycles. The van der Waals surface area contributed by atoms with Gasteiger partial charge < -0.3 is 5.73 Å². The number of aromatic nitrogens is 3. The maximum atomic E-state index is 12.2. The van der Waals surface area contributed by atoms with Crippen LogP contribution >= 0.6 is 0 Å². The van der Waals surface area contributed by atoms with Crippen molar-refractivity contribution < 1.29 is 9.59 Å². The fraction of sp³-hybridized carbons (Fsp3) is 0.692. The van der Waals surface area contributed by atoms with E-state index in [4.69, 9.17) is 4.79 Å². The van der Waals surface area contributed by atoms with E-state index in [1.165, 1.54) is 0 Å². The van der Waals surface area contributed by atoms with Gasteiger partial charge in [-0.3, -0.25) is 14.5 Å². The smallest absolute Gasteiger partial charge is 0.204 e. The Balaban J connectivity index is 0.000000452. The summed E-state index contributed by atoms with van der Waals surface area (Å²) in [4.78, 5) is 27.4. The van der Waals surface area contributed by atoms with Gasteiger partial charge in [-0.1, -0.05) is 0 Å². The Labute approximate surface area is 118 Å². The molecule has 1 aromatic heterocycles. The van der Waals surface area contributed by atoms with Gasteiger partial charge in [-0.25, -0.2) is 9.67 Å². The molecule has 3 aliphatic heterocycles. The third-order valence-electron chi connectivity index (χ3n) is 4.01. The highest BCUT2D eigenvalue weighted by Gasteiger charge is 2.41. The van der Waals surface area contributed by atoms with E-state index in [1.54, 1.807) is 0 Å². The van der Waals surface area contributed by atoms with Crippen LogP contribution in [0.1, 0.15) is 24.5 Å². The van der Waals surface area contributed by atoms with Crippen molar-refractivity contribution in [2.24, 2.45) is 11.7 Å². The molecule has 3 aliphatic rings. The van der Waals surface area contributed by atoms with Crippen LogP contribution in [0.2, 0.25) is 0 Å². The van der Waals surface area contributed by atoms with Crippen LogP contribution in [-0.4, -0.2) is 51.0 Å². The Morgan fingerprint density at radius 2 is 1.95 bits per heavy atom. The molecular formula is C13H21N5O2. The van der Waals surface area contributed by atoms with Gasteiger partial charge in [0.15, 0.2) is 5.78 Å². The molecule has 110 valence electrons. The molecule has 1 atom stereocenters. The molecule has 0 spiro atoms. The van der Waals surface area contributed by atoms with Gasteiger partial charge in [-0.15, -0.1) is 0 Å². The molecule has 3 fully saturated rings. The van der Waals surface area contributed by atoms with E-state index in [2.05, 4.69) is 20.7 Å². The van der Waals surface area contributed by atoms with Crippen LogP contribution in [0.25, 0.3) is 0 Å². The fourth-order valence-corrected chi connectivity index (χ4v) is 3.05. The molecule has 0 aliphatic carbocycles. The van der Waals surface area contributed by atoms with Crippen LogP contribution < -0.4 is 5.73 Å². The van der Waals surface area contributed by atoms with E-state index in [1.807, 2.05) is 18.5 Å². The van der Waals surface area contributed by atoms with Crippen molar-refractivity contribution in [2.45, 2.75) is 39.3 Å². The summed E-state index contributed by atoms with van der Waals surface area (Å²) in [6.45, 7) is 6.63. The number of amides is 1. The summed E-state index contributed by atoms with van der Waals surface area (Å²) in [5.74, 6) is 2.40. The second-order valence-corrected chi connectivity index (χ2v) is 5.25. The average Bonchev–Trinajstić information content (AvgIpc) is 2.73. The van der Waals surface area contributed by atoms with Crippen molar-refractivity contribution in [2.75, 3.05) is 13.1 Å². The minimum atomic E-state index is 0.0299. The van der Waals surface area contributed by atoms with Gasteiger partial charge in [0.05, 0.1) is 12.6 Å². The number of hydrogen-bond acceptors (Lipinski definition) is 5. The first kappa shape index (κ1) is 14.6. The topological polar surface area (TPSA) is 94.1 Å². The monoisotopic (exact) mass is 279 g/mol. The van der Waals surface area contributed by atoms with Crippen LogP contribution in [-0.2, 0) is 16.1 Å². The highest BCUT2D eigenvalue weighted by atomic mass is 16.1. The van der Waals surface area contributed by atoms with E-state index in [9.17, 15) is 4.79 Å². The number of nitrogens with zero attached hydrogens (tertiary/aromatic N) is 4. The van der Waals surface area contributed by atoms with E-state index < -0.39 is 0 Å². The van der Waals surface area contributed by atoms with Crippen molar-refractivity contribution in [1.82, 2.24) is 19.7 Å². The zero-order chi connectivity index (χ0) is 14.7. The van der Waals surface area contributed by atoms with E-state index in [-0.39, 0.29) is 12.5 Å². The minimum absolute atomic E-state index is 0.0299. The zero-order valence-corrected chi connectivity index (χ0v) is 12.0. The molecule has 3 saturated heterocycles. The normalized spacial score (nSPS) is 27.9. The molecule has 7 nitrogen and oxygen atoms in total. The predicted octanol–water partition coefficient (Wildman–Crippen LogP) is -0.340. The Morgan fingerprint density at radius 1 is 1.35 bits per heavy atom. The Bertz CT molecular complexity index is 491. The van der Waals surface area contributed by atoms with Crippen LogP contribution in [0.4, 0.5) is 0 Å². The number of fused-ring (bicyclic) bond motifs is 3. The predicted molar refractivity (Wildman–Crippen MR) is 72.8 cm³/mol. The second-order valence-electron chi connectivity index (χ2n) is 5.25. The number of rotatable bonds is 2. The van der Waals surface area contributed by atoms with E-state index in [0.29, 0.717) is 18.2 Å². The first-order valence-corrected chi connectivity index (χ1v) is 6.88. The van der Waals surface area contributed by atoms with Crippen molar-refractivity contribution in [1.29, 1.82) is 0 Å². The number of primary amides is 1. The molecule has 4 heterocycles. The highest BCUT2D eigenvalue weighted by Crippen LogP contribution is 2.29. The SMILES string of the molecule is Cc1nc(C)n(CC2C(=O)C3CCN2CC3)n1.NC=O. The Hall–Kier alpha value is -1.76. The number of aryl methyl sites for hydroxylation is 2. The molecule has 0 radical (unpaired) electrons. The number of carbonyl (C=O) groups is 2. The second kappa shape index (κ2) is 6.13. The van der Waals surface area contributed by atoms with Gasteiger partial charge in [0.2, 0.25) is 6.41 Å². The lowest BCUT2D eigenvalue weighted by Crippen LogP contribution is -2.57. The van der Waals surface area contributed by atoms with Gasteiger partial charge in [0.1, 0.15) is 11.6 Å². The molecule has 2 N–H and O–H groups in total. The summed E-state index contributed by atoms with van der Waals surface area (Å²) in [7, 11) is 0. The largest absolute Gasteiger partial charge is 0.372 e. The molecule has 1 aromatic rings. The summed E-state index contributed by atoms with van der Waals surface area (Å²) in [6, 6.07) is 0.0299. The lowest BCUT2D eigenvalue weighted by Gasteiger charge is -2.43. The molecule has 1 unspecified atom stereocenters. The third kappa shape index (κ3) is 2.87. The van der Waals surface area contributed by atoms with Crippen LogP contribution in [0.15, 0.2) is 0 Å². The lowest BCUT2D eigenvalue weighted by atomic mass is 9.82. The lowest BCUT2D eigenvalue weighted by molar-refractivity contribution is -0.137. The molecular weight excluding hydrogens is 258 g/mol. The number of ketones is 1. The summed E-state index contributed by atoms with van der Waals surface area (Å²) in [5.41, 5.74) is 4.17. The van der Waals surface area contributed by atoms with Crippen LogP contribution in [0, 0.1) is 19.8 Å². The van der Waals surface area contributed by atoms with Crippen LogP contribution in [0.3, 0.4) is 0 Å². The maximum Gasteiger partial charge on any atom is 0.204 e. The first-order valence-electron chi connectivity index (χ1n) is 6.88. The zero-order valence-electron chi connectivity index (χ0n) is 12.0. The van der Waals surface area contributed by atoms with Gasteiger partial charge in [0.25, 0.3) is 0 Å².